The first-order valence-corrected chi connectivity index (χ1v) is 8.74. The Morgan fingerprint density at radius 2 is 1.71 bits per heavy atom. The Hall–Kier alpha value is -2.08. The van der Waals surface area contributed by atoms with Crippen LogP contribution in [0.1, 0.15) is 38.5 Å². The number of urea groups is 1. The number of carbonyl (C=O) groups excluding carboxylic acids is 2. The zero-order valence-electron chi connectivity index (χ0n) is 13.6. The molecule has 0 bridgehead atoms. The SMILES string of the molecule is O=C1C2C(O)CCCN2C(=O)N1c1ccc(OC2CCCC2)cc1. The van der Waals surface area contributed by atoms with Crippen LogP contribution in [-0.2, 0) is 4.79 Å². The van der Waals surface area contributed by atoms with Crippen LogP contribution < -0.4 is 9.64 Å². The Bertz CT molecular complexity index is 639. The monoisotopic (exact) mass is 330 g/mol. The van der Waals surface area contributed by atoms with Crippen molar-refractivity contribution >= 4 is 17.6 Å². The molecule has 2 heterocycles. The molecule has 1 N–H and O–H groups in total. The Balaban J connectivity index is 1.52. The van der Waals surface area contributed by atoms with Crippen LogP contribution in [0.4, 0.5) is 10.5 Å². The van der Waals surface area contributed by atoms with Gasteiger partial charge in [-0.1, -0.05) is 0 Å². The number of carbonyl (C=O) groups is 2. The molecule has 1 aromatic rings. The molecule has 4 rings (SSSR count). The van der Waals surface area contributed by atoms with Crippen LogP contribution in [0.2, 0.25) is 0 Å². The van der Waals surface area contributed by atoms with Gasteiger partial charge in [-0.3, -0.25) is 4.79 Å². The summed E-state index contributed by atoms with van der Waals surface area (Å²) >= 11 is 0. The molecule has 2 atom stereocenters. The number of aliphatic hydroxyl groups is 1. The van der Waals surface area contributed by atoms with E-state index in [1.54, 1.807) is 12.1 Å². The average Bonchev–Trinajstić information content (AvgIpc) is 3.17. The number of piperidine rings is 1. The number of amides is 3. The van der Waals surface area contributed by atoms with E-state index in [2.05, 4.69) is 0 Å². The van der Waals surface area contributed by atoms with Crippen LogP contribution in [0, 0.1) is 0 Å². The van der Waals surface area contributed by atoms with Crippen molar-refractivity contribution in [3.63, 3.8) is 0 Å². The van der Waals surface area contributed by atoms with Crippen LogP contribution in [0.15, 0.2) is 24.3 Å². The second-order valence-electron chi connectivity index (χ2n) is 6.82. The normalized spacial score (nSPS) is 27.7. The maximum Gasteiger partial charge on any atom is 0.332 e. The molecule has 128 valence electrons. The molecule has 3 aliphatic rings. The molecule has 0 radical (unpaired) electrons. The lowest BCUT2D eigenvalue weighted by atomic mass is 10.00. The molecule has 0 aromatic heterocycles. The zero-order valence-corrected chi connectivity index (χ0v) is 13.6. The van der Waals surface area contributed by atoms with Crippen molar-refractivity contribution in [2.24, 2.45) is 0 Å². The summed E-state index contributed by atoms with van der Waals surface area (Å²) < 4.78 is 5.92. The van der Waals surface area contributed by atoms with Gasteiger partial charge in [0, 0.05) is 6.54 Å². The number of benzene rings is 1. The predicted octanol–water partition coefficient (Wildman–Crippen LogP) is 2.30. The number of hydrogen-bond acceptors (Lipinski definition) is 4. The van der Waals surface area contributed by atoms with Crippen molar-refractivity contribution in [3.05, 3.63) is 24.3 Å². The standard InChI is InChI=1S/C18H22N2O4/c21-15-6-3-11-19-16(15)17(22)20(18(19)23)12-7-9-14(10-8-12)24-13-4-1-2-5-13/h7-10,13,15-16,21H,1-6,11H2. The van der Waals surface area contributed by atoms with E-state index >= 15 is 0 Å². The van der Waals surface area contributed by atoms with Gasteiger partial charge in [0.05, 0.1) is 17.9 Å². The van der Waals surface area contributed by atoms with E-state index in [9.17, 15) is 14.7 Å². The Morgan fingerprint density at radius 3 is 2.38 bits per heavy atom. The van der Waals surface area contributed by atoms with E-state index < -0.39 is 12.1 Å². The van der Waals surface area contributed by atoms with Crippen LogP contribution in [0.5, 0.6) is 5.75 Å². The van der Waals surface area contributed by atoms with Crippen molar-refractivity contribution in [1.29, 1.82) is 0 Å². The minimum atomic E-state index is -0.773. The summed E-state index contributed by atoms with van der Waals surface area (Å²) in [5.41, 5.74) is 0.533. The number of hydrogen-bond donors (Lipinski definition) is 1. The summed E-state index contributed by atoms with van der Waals surface area (Å²) in [4.78, 5) is 27.8. The molecule has 0 spiro atoms. The third kappa shape index (κ3) is 2.55. The first-order chi connectivity index (χ1) is 11.6. The van der Waals surface area contributed by atoms with Gasteiger partial charge in [-0.05, 0) is 62.8 Å². The minimum absolute atomic E-state index is 0.273. The second kappa shape index (κ2) is 6.09. The molecule has 2 aliphatic heterocycles. The lowest BCUT2D eigenvalue weighted by Gasteiger charge is -2.30. The molecule has 1 aromatic carbocycles. The number of ether oxygens (including phenoxy) is 1. The summed E-state index contributed by atoms with van der Waals surface area (Å²) in [7, 11) is 0. The number of nitrogens with zero attached hydrogens (tertiary/aromatic N) is 2. The van der Waals surface area contributed by atoms with E-state index in [-0.39, 0.29) is 18.0 Å². The molecule has 1 aliphatic carbocycles. The summed E-state index contributed by atoms with van der Waals surface area (Å²) in [6, 6.07) is 6.02. The lowest BCUT2D eigenvalue weighted by Crippen LogP contribution is -2.48. The Morgan fingerprint density at radius 1 is 1.00 bits per heavy atom. The number of anilines is 1. The molecule has 2 unspecified atom stereocenters. The summed E-state index contributed by atoms with van der Waals surface area (Å²) in [5.74, 6) is 0.430. The third-order valence-corrected chi connectivity index (χ3v) is 5.21. The van der Waals surface area contributed by atoms with Gasteiger partial charge in [-0.15, -0.1) is 0 Å². The average molecular weight is 330 g/mol. The van der Waals surface area contributed by atoms with Gasteiger partial charge in [-0.25, -0.2) is 9.69 Å². The van der Waals surface area contributed by atoms with Crippen molar-refractivity contribution in [1.82, 2.24) is 4.90 Å². The summed E-state index contributed by atoms with van der Waals surface area (Å²) in [6.07, 6.45) is 5.36. The summed E-state index contributed by atoms with van der Waals surface area (Å²) in [5, 5.41) is 10.1. The topological polar surface area (TPSA) is 70.1 Å². The first kappa shape index (κ1) is 15.4. The van der Waals surface area contributed by atoms with Crippen LogP contribution in [-0.4, -0.2) is 46.7 Å². The molecular formula is C18H22N2O4. The molecule has 24 heavy (non-hydrogen) atoms. The highest BCUT2D eigenvalue weighted by molar-refractivity contribution is 6.21. The first-order valence-electron chi connectivity index (χ1n) is 8.74. The fourth-order valence-corrected chi connectivity index (χ4v) is 3.95. The molecule has 3 amide bonds. The number of aliphatic hydroxyl groups excluding tert-OH is 1. The van der Waals surface area contributed by atoms with Gasteiger partial charge in [0.1, 0.15) is 11.8 Å². The maximum absolute atomic E-state index is 12.6. The Labute approximate surface area is 141 Å². The van der Waals surface area contributed by atoms with E-state index in [0.29, 0.717) is 18.7 Å². The molecular weight excluding hydrogens is 308 g/mol. The van der Waals surface area contributed by atoms with Gasteiger partial charge >= 0.3 is 6.03 Å². The van der Waals surface area contributed by atoms with Gasteiger partial charge < -0.3 is 14.7 Å². The van der Waals surface area contributed by atoms with E-state index in [4.69, 9.17) is 4.74 Å². The zero-order chi connectivity index (χ0) is 16.7. The fourth-order valence-electron chi connectivity index (χ4n) is 3.95. The fraction of sp³-hybridized carbons (Fsp3) is 0.556. The third-order valence-electron chi connectivity index (χ3n) is 5.21. The smallest absolute Gasteiger partial charge is 0.332 e. The van der Waals surface area contributed by atoms with E-state index in [1.165, 1.54) is 22.6 Å². The highest BCUT2D eigenvalue weighted by Crippen LogP contribution is 2.32. The van der Waals surface area contributed by atoms with Crippen LogP contribution >= 0.6 is 0 Å². The number of imide groups is 1. The molecule has 2 saturated heterocycles. The summed E-state index contributed by atoms with van der Waals surface area (Å²) in [6.45, 7) is 0.520. The van der Waals surface area contributed by atoms with Gasteiger partial charge in [-0.2, -0.15) is 0 Å². The van der Waals surface area contributed by atoms with E-state index in [0.717, 1.165) is 25.0 Å². The number of fused-ring (bicyclic) bond motifs is 1. The van der Waals surface area contributed by atoms with Gasteiger partial charge in [0.15, 0.2) is 0 Å². The van der Waals surface area contributed by atoms with Crippen molar-refractivity contribution in [2.75, 3.05) is 11.4 Å². The maximum atomic E-state index is 12.6. The molecule has 6 nitrogen and oxygen atoms in total. The van der Waals surface area contributed by atoms with E-state index in [1.807, 2.05) is 12.1 Å². The van der Waals surface area contributed by atoms with Crippen molar-refractivity contribution in [2.45, 2.75) is 56.8 Å². The minimum Gasteiger partial charge on any atom is -0.490 e. The number of rotatable bonds is 3. The van der Waals surface area contributed by atoms with Gasteiger partial charge in [0.25, 0.3) is 5.91 Å². The van der Waals surface area contributed by atoms with Crippen molar-refractivity contribution in [3.8, 4) is 5.75 Å². The van der Waals surface area contributed by atoms with Gasteiger partial charge in [0.2, 0.25) is 0 Å². The Kier molecular flexibility index (Phi) is 3.92. The quantitative estimate of drug-likeness (QED) is 0.864. The lowest BCUT2D eigenvalue weighted by molar-refractivity contribution is -0.124. The second-order valence-corrected chi connectivity index (χ2v) is 6.82. The highest BCUT2D eigenvalue weighted by atomic mass is 16.5. The van der Waals surface area contributed by atoms with Crippen LogP contribution in [0.25, 0.3) is 0 Å². The largest absolute Gasteiger partial charge is 0.490 e. The highest BCUT2D eigenvalue weighted by Gasteiger charge is 2.50. The molecule has 3 fully saturated rings. The predicted molar refractivity (Wildman–Crippen MR) is 87.9 cm³/mol. The molecule has 1 saturated carbocycles. The molecule has 6 heteroatoms. The van der Waals surface area contributed by atoms with Crippen molar-refractivity contribution < 1.29 is 19.4 Å². The van der Waals surface area contributed by atoms with Crippen LogP contribution in [0.3, 0.4) is 0 Å².